The zero-order chi connectivity index (χ0) is 13.8. The van der Waals surface area contributed by atoms with Gasteiger partial charge in [0.1, 0.15) is 11.4 Å². The number of ether oxygens (including phenoxy) is 1. The van der Waals surface area contributed by atoms with Crippen molar-refractivity contribution in [2.24, 2.45) is 0 Å². The van der Waals surface area contributed by atoms with Gasteiger partial charge in [-0.2, -0.15) is 0 Å². The molecule has 0 radical (unpaired) electrons. The van der Waals surface area contributed by atoms with E-state index in [2.05, 4.69) is 18.3 Å². The van der Waals surface area contributed by atoms with E-state index in [4.69, 9.17) is 4.74 Å². The van der Waals surface area contributed by atoms with E-state index >= 15 is 0 Å². The molecule has 0 amide bonds. The maximum absolute atomic E-state index is 10.7. The average Bonchev–Trinajstić information content (AvgIpc) is 2.27. The summed E-state index contributed by atoms with van der Waals surface area (Å²) < 4.78 is 5.41. The van der Waals surface area contributed by atoms with E-state index in [9.17, 15) is 5.11 Å². The molecule has 0 saturated heterocycles. The van der Waals surface area contributed by atoms with E-state index in [0.717, 1.165) is 35.4 Å². The van der Waals surface area contributed by atoms with Crippen LogP contribution in [0, 0.1) is 13.8 Å². The molecular weight excluding hydrogens is 226 g/mol. The number of nitrogens with one attached hydrogen (secondary N) is 1. The first-order valence-electron chi connectivity index (χ1n) is 6.51. The molecule has 1 atom stereocenters. The minimum atomic E-state index is -0.918. The lowest BCUT2D eigenvalue weighted by Crippen LogP contribution is -2.36. The lowest BCUT2D eigenvalue weighted by molar-refractivity contribution is 0.0539. The van der Waals surface area contributed by atoms with Crippen molar-refractivity contribution in [1.82, 2.24) is 5.32 Å². The van der Waals surface area contributed by atoms with Crippen LogP contribution in [0.1, 0.15) is 37.0 Å². The fourth-order valence-electron chi connectivity index (χ4n) is 2.38. The van der Waals surface area contributed by atoms with Gasteiger partial charge in [-0.3, -0.25) is 0 Å². The zero-order valence-electron chi connectivity index (χ0n) is 12.1. The van der Waals surface area contributed by atoms with Crippen LogP contribution in [-0.2, 0) is 5.60 Å². The molecular formula is C15H25NO2. The van der Waals surface area contributed by atoms with E-state index < -0.39 is 5.60 Å². The molecule has 0 aliphatic heterocycles. The molecule has 0 aromatic heterocycles. The molecule has 18 heavy (non-hydrogen) atoms. The van der Waals surface area contributed by atoms with Crippen LogP contribution < -0.4 is 10.1 Å². The zero-order valence-corrected chi connectivity index (χ0v) is 12.1. The second-order valence-corrected chi connectivity index (χ2v) is 5.11. The summed E-state index contributed by atoms with van der Waals surface area (Å²) >= 11 is 0. The third kappa shape index (κ3) is 3.47. The van der Waals surface area contributed by atoms with Gasteiger partial charge in [0.2, 0.25) is 0 Å². The maximum Gasteiger partial charge on any atom is 0.125 e. The van der Waals surface area contributed by atoms with Crippen LogP contribution in [0.15, 0.2) is 12.1 Å². The highest BCUT2D eigenvalue weighted by Gasteiger charge is 2.28. The fourth-order valence-corrected chi connectivity index (χ4v) is 2.38. The second-order valence-electron chi connectivity index (χ2n) is 5.11. The number of methoxy groups -OCH3 is 1. The van der Waals surface area contributed by atoms with Crippen LogP contribution >= 0.6 is 0 Å². The molecule has 0 fully saturated rings. The predicted octanol–water partition coefficient (Wildman–Crippen LogP) is 2.52. The molecule has 1 rings (SSSR count). The van der Waals surface area contributed by atoms with E-state index in [-0.39, 0.29) is 0 Å². The van der Waals surface area contributed by atoms with E-state index in [0.29, 0.717) is 6.54 Å². The Morgan fingerprint density at radius 1 is 1.33 bits per heavy atom. The molecule has 0 heterocycles. The van der Waals surface area contributed by atoms with Gasteiger partial charge in [0, 0.05) is 12.1 Å². The van der Waals surface area contributed by atoms with Gasteiger partial charge in [0.05, 0.1) is 7.11 Å². The molecule has 0 bridgehead atoms. The number of benzene rings is 1. The van der Waals surface area contributed by atoms with Gasteiger partial charge in [-0.25, -0.2) is 0 Å². The normalized spacial score (nSPS) is 14.3. The lowest BCUT2D eigenvalue weighted by Gasteiger charge is -2.28. The van der Waals surface area contributed by atoms with Crippen molar-refractivity contribution in [3.8, 4) is 5.75 Å². The first-order chi connectivity index (χ1) is 8.42. The summed E-state index contributed by atoms with van der Waals surface area (Å²) in [5.74, 6) is 0.760. The highest BCUT2D eigenvalue weighted by Crippen LogP contribution is 2.33. The van der Waals surface area contributed by atoms with Gasteiger partial charge in [0.25, 0.3) is 0 Å². The molecule has 2 N–H and O–H groups in total. The molecule has 102 valence electrons. The monoisotopic (exact) mass is 251 g/mol. The van der Waals surface area contributed by atoms with Gasteiger partial charge in [-0.15, -0.1) is 0 Å². The largest absolute Gasteiger partial charge is 0.496 e. The van der Waals surface area contributed by atoms with Crippen LogP contribution in [0.3, 0.4) is 0 Å². The van der Waals surface area contributed by atoms with E-state index in [1.54, 1.807) is 7.11 Å². The summed E-state index contributed by atoms with van der Waals surface area (Å²) in [5.41, 5.74) is 2.16. The third-order valence-corrected chi connectivity index (χ3v) is 3.10. The van der Waals surface area contributed by atoms with Crippen LogP contribution in [0.4, 0.5) is 0 Å². The standard InChI is InChI=1S/C15H25NO2/c1-6-7-16-10-15(4,17)14-12(3)8-11(2)9-13(14)18-5/h8-9,16-17H,6-7,10H2,1-5H3. The average molecular weight is 251 g/mol. The first kappa shape index (κ1) is 15.0. The van der Waals surface area contributed by atoms with Crippen molar-refractivity contribution in [3.63, 3.8) is 0 Å². The molecule has 3 heteroatoms. The molecule has 1 unspecified atom stereocenters. The summed E-state index contributed by atoms with van der Waals surface area (Å²) in [6, 6.07) is 4.04. The van der Waals surface area contributed by atoms with Gasteiger partial charge in [0.15, 0.2) is 0 Å². The Morgan fingerprint density at radius 3 is 2.56 bits per heavy atom. The van der Waals surface area contributed by atoms with Crippen molar-refractivity contribution in [2.45, 2.75) is 39.7 Å². The molecule has 0 aliphatic carbocycles. The Hall–Kier alpha value is -1.06. The fraction of sp³-hybridized carbons (Fsp3) is 0.600. The molecule has 0 spiro atoms. The summed E-state index contributed by atoms with van der Waals surface area (Å²) in [7, 11) is 1.65. The Labute approximate surface area is 110 Å². The van der Waals surface area contributed by atoms with Crippen LogP contribution in [0.2, 0.25) is 0 Å². The van der Waals surface area contributed by atoms with Crippen molar-refractivity contribution in [2.75, 3.05) is 20.2 Å². The van der Waals surface area contributed by atoms with Crippen LogP contribution in [0.25, 0.3) is 0 Å². The van der Waals surface area contributed by atoms with Gasteiger partial charge in [-0.1, -0.05) is 13.0 Å². The van der Waals surface area contributed by atoms with Crippen molar-refractivity contribution < 1.29 is 9.84 Å². The number of hydrogen-bond acceptors (Lipinski definition) is 3. The smallest absolute Gasteiger partial charge is 0.125 e. The van der Waals surface area contributed by atoms with Crippen molar-refractivity contribution in [3.05, 3.63) is 28.8 Å². The topological polar surface area (TPSA) is 41.5 Å². The Kier molecular flexibility index (Phi) is 5.17. The number of rotatable bonds is 6. The highest BCUT2D eigenvalue weighted by atomic mass is 16.5. The summed E-state index contributed by atoms with van der Waals surface area (Å²) in [6.45, 7) is 9.42. The molecule has 3 nitrogen and oxygen atoms in total. The van der Waals surface area contributed by atoms with Crippen LogP contribution in [0.5, 0.6) is 5.75 Å². The minimum absolute atomic E-state index is 0.529. The Morgan fingerprint density at radius 2 is 2.00 bits per heavy atom. The summed E-state index contributed by atoms with van der Waals surface area (Å²) in [4.78, 5) is 0. The SMILES string of the molecule is CCCNCC(C)(O)c1c(C)cc(C)cc1OC. The molecule has 0 aliphatic rings. The number of aryl methyl sites for hydroxylation is 2. The number of aliphatic hydroxyl groups is 1. The second kappa shape index (κ2) is 6.21. The Bertz CT molecular complexity index is 400. The first-order valence-corrected chi connectivity index (χ1v) is 6.51. The van der Waals surface area contributed by atoms with Crippen molar-refractivity contribution >= 4 is 0 Å². The van der Waals surface area contributed by atoms with Crippen molar-refractivity contribution in [1.29, 1.82) is 0 Å². The minimum Gasteiger partial charge on any atom is -0.496 e. The maximum atomic E-state index is 10.7. The lowest BCUT2D eigenvalue weighted by atomic mass is 9.89. The molecule has 1 aromatic carbocycles. The van der Waals surface area contributed by atoms with E-state index in [1.807, 2.05) is 26.8 Å². The van der Waals surface area contributed by atoms with Gasteiger partial charge >= 0.3 is 0 Å². The highest BCUT2D eigenvalue weighted by molar-refractivity contribution is 5.46. The molecule has 0 saturated carbocycles. The van der Waals surface area contributed by atoms with Gasteiger partial charge < -0.3 is 15.2 Å². The van der Waals surface area contributed by atoms with Gasteiger partial charge in [-0.05, 0) is 50.9 Å². The number of hydrogen-bond donors (Lipinski definition) is 2. The summed E-state index contributed by atoms with van der Waals surface area (Å²) in [5, 5.41) is 13.9. The quantitative estimate of drug-likeness (QED) is 0.763. The summed E-state index contributed by atoms with van der Waals surface area (Å²) in [6.07, 6.45) is 1.06. The predicted molar refractivity (Wildman–Crippen MR) is 75.2 cm³/mol. The molecule has 1 aromatic rings. The van der Waals surface area contributed by atoms with E-state index in [1.165, 1.54) is 0 Å². The van der Waals surface area contributed by atoms with Crippen LogP contribution in [-0.4, -0.2) is 25.3 Å². The third-order valence-electron chi connectivity index (χ3n) is 3.10. The Balaban J connectivity index is 3.06.